The topological polar surface area (TPSA) is 27.7 Å². The van der Waals surface area contributed by atoms with Crippen LogP contribution in [0.25, 0.3) is 0 Å². The third-order valence-corrected chi connectivity index (χ3v) is 4.58. The van der Waals surface area contributed by atoms with E-state index in [2.05, 4.69) is 15.1 Å². The van der Waals surface area contributed by atoms with Crippen LogP contribution in [0.2, 0.25) is 0 Å². The largest absolute Gasteiger partial charge is 0.497 e. The predicted molar refractivity (Wildman–Crippen MR) is 102 cm³/mol. The second-order valence-electron chi connectivity index (χ2n) is 6.10. The minimum absolute atomic E-state index is 0.200. The highest BCUT2D eigenvalue weighted by Crippen LogP contribution is 2.17. The normalized spacial score (nSPS) is 15.0. The Labute approximate surface area is 153 Å². The number of halogens is 1. The first-order valence-electron chi connectivity index (χ1n) is 8.31. The number of nitrogens with one attached hydrogen (secondary N) is 1. The monoisotopic (exact) mass is 359 g/mol. The first-order valence-corrected chi connectivity index (χ1v) is 8.71. The van der Waals surface area contributed by atoms with Crippen molar-refractivity contribution in [3.05, 3.63) is 59.9 Å². The summed E-state index contributed by atoms with van der Waals surface area (Å²) in [6.07, 6.45) is 1.05. The molecule has 6 heteroatoms. The van der Waals surface area contributed by atoms with Crippen molar-refractivity contribution in [1.82, 2.24) is 9.80 Å². The van der Waals surface area contributed by atoms with Crippen molar-refractivity contribution in [2.75, 3.05) is 32.2 Å². The van der Waals surface area contributed by atoms with Crippen molar-refractivity contribution < 1.29 is 9.13 Å². The third-order valence-electron chi connectivity index (χ3n) is 4.22. The lowest BCUT2D eigenvalue weighted by atomic mass is 10.2. The van der Waals surface area contributed by atoms with E-state index >= 15 is 0 Å². The maximum absolute atomic E-state index is 13.0. The first-order chi connectivity index (χ1) is 12.1. The standard InChI is InChI=1S/C19H22FN3OS/c1-24-18-9-7-17(8-10-18)21-19(25)23-12-2-11-22(14-23)13-15-3-5-16(20)6-4-15/h3-10H,2,11-14H2,1H3,(H,21,25). The fourth-order valence-electron chi connectivity index (χ4n) is 2.89. The maximum atomic E-state index is 13.0. The zero-order chi connectivity index (χ0) is 17.6. The van der Waals surface area contributed by atoms with Gasteiger partial charge in [0.25, 0.3) is 0 Å². The smallest absolute Gasteiger partial charge is 0.174 e. The van der Waals surface area contributed by atoms with Crippen molar-refractivity contribution in [2.45, 2.75) is 13.0 Å². The van der Waals surface area contributed by atoms with Gasteiger partial charge >= 0.3 is 0 Å². The second-order valence-corrected chi connectivity index (χ2v) is 6.48. The van der Waals surface area contributed by atoms with Crippen molar-refractivity contribution in [1.29, 1.82) is 0 Å². The summed E-state index contributed by atoms with van der Waals surface area (Å²) in [5.74, 6) is 0.619. The van der Waals surface area contributed by atoms with Gasteiger partial charge in [-0.25, -0.2) is 4.39 Å². The Morgan fingerprint density at radius 2 is 1.84 bits per heavy atom. The van der Waals surface area contributed by atoms with Crippen LogP contribution >= 0.6 is 12.2 Å². The van der Waals surface area contributed by atoms with Crippen LogP contribution in [-0.4, -0.2) is 41.8 Å². The molecule has 0 aliphatic carbocycles. The molecule has 1 saturated heterocycles. The molecule has 1 fully saturated rings. The number of methoxy groups -OCH3 is 1. The fraction of sp³-hybridized carbons (Fsp3) is 0.316. The van der Waals surface area contributed by atoms with E-state index < -0.39 is 0 Å². The zero-order valence-corrected chi connectivity index (χ0v) is 15.1. The SMILES string of the molecule is COc1ccc(NC(=S)N2CCCN(Cc3ccc(F)cc3)C2)cc1. The minimum Gasteiger partial charge on any atom is -0.497 e. The van der Waals surface area contributed by atoms with Crippen LogP contribution in [-0.2, 0) is 6.54 Å². The van der Waals surface area contributed by atoms with Gasteiger partial charge in [0.2, 0.25) is 0 Å². The van der Waals surface area contributed by atoms with Crippen molar-refractivity contribution in [2.24, 2.45) is 0 Å². The highest BCUT2D eigenvalue weighted by molar-refractivity contribution is 7.80. The molecule has 3 rings (SSSR count). The van der Waals surface area contributed by atoms with Gasteiger partial charge in [0, 0.05) is 25.3 Å². The van der Waals surface area contributed by atoms with Gasteiger partial charge in [-0.1, -0.05) is 12.1 Å². The molecular weight excluding hydrogens is 337 g/mol. The summed E-state index contributed by atoms with van der Waals surface area (Å²) in [5.41, 5.74) is 2.05. The third kappa shape index (κ3) is 4.90. The van der Waals surface area contributed by atoms with Gasteiger partial charge in [-0.15, -0.1) is 0 Å². The summed E-state index contributed by atoms with van der Waals surface area (Å²) in [5, 5.41) is 4.00. The molecule has 4 nitrogen and oxygen atoms in total. The molecule has 1 aliphatic rings. The van der Waals surface area contributed by atoms with Gasteiger partial charge < -0.3 is 15.0 Å². The van der Waals surface area contributed by atoms with Crippen molar-refractivity contribution in [3.8, 4) is 5.75 Å². The predicted octanol–water partition coefficient (Wildman–Crippen LogP) is 3.70. The summed E-state index contributed by atoms with van der Waals surface area (Å²) in [4.78, 5) is 4.48. The van der Waals surface area contributed by atoms with E-state index in [-0.39, 0.29) is 5.82 Å². The van der Waals surface area contributed by atoms with E-state index in [1.807, 2.05) is 36.4 Å². The molecule has 0 radical (unpaired) electrons. The Bertz CT molecular complexity index is 706. The minimum atomic E-state index is -0.200. The average molecular weight is 359 g/mol. The second kappa shape index (κ2) is 8.27. The Morgan fingerprint density at radius 1 is 1.12 bits per heavy atom. The van der Waals surface area contributed by atoms with Gasteiger partial charge in [-0.05, 0) is 60.6 Å². The fourth-order valence-corrected chi connectivity index (χ4v) is 3.15. The number of rotatable bonds is 4. The number of thiocarbonyl (C=S) groups is 1. The molecule has 0 unspecified atom stereocenters. The summed E-state index contributed by atoms with van der Waals surface area (Å²) >= 11 is 5.56. The van der Waals surface area contributed by atoms with Gasteiger partial charge in [0.05, 0.1) is 13.8 Å². The van der Waals surface area contributed by atoms with E-state index in [1.165, 1.54) is 12.1 Å². The molecule has 2 aromatic carbocycles. The molecule has 1 heterocycles. The number of nitrogens with zero attached hydrogens (tertiary/aromatic N) is 2. The van der Waals surface area contributed by atoms with Crippen LogP contribution in [0, 0.1) is 5.82 Å². The van der Waals surface area contributed by atoms with Crippen LogP contribution in [0.4, 0.5) is 10.1 Å². The Morgan fingerprint density at radius 3 is 2.52 bits per heavy atom. The van der Waals surface area contributed by atoms with Gasteiger partial charge in [0.15, 0.2) is 5.11 Å². The molecule has 0 bridgehead atoms. The molecule has 1 aliphatic heterocycles. The van der Waals surface area contributed by atoms with Crippen LogP contribution in [0.15, 0.2) is 48.5 Å². The Balaban J connectivity index is 1.56. The van der Waals surface area contributed by atoms with E-state index in [0.29, 0.717) is 5.11 Å². The summed E-state index contributed by atoms with van der Waals surface area (Å²) < 4.78 is 18.2. The molecule has 25 heavy (non-hydrogen) atoms. The zero-order valence-electron chi connectivity index (χ0n) is 14.2. The first kappa shape index (κ1) is 17.6. The molecule has 0 amide bonds. The average Bonchev–Trinajstić information content (AvgIpc) is 2.64. The van der Waals surface area contributed by atoms with Crippen LogP contribution < -0.4 is 10.1 Å². The van der Waals surface area contributed by atoms with E-state index in [4.69, 9.17) is 17.0 Å². The molecular formula is C19H22FN3OS. The summed E-state index contributed by atoms with van der Waals surface area (Å²) in [6.45, 7) is 3.50. The van der Waals surface area contributed by atoms with E-state index in [0.717, 1.165) is 49.7 Å². The molecule has 0 atom stereocenters. The Kier molecular flexibility index (Phi) is 5.83. The molecule has 132 valence electrons. The highest BCUT2D eigenvalue weighted by atomic mass is 32.1. The van der Waals surface area contributed by atoms with E-state index in [1.54, 1.807) is 7.11 Å². The van der Waals surface area contributed by atoms with Gasteiger partial charge in [0.1, 0.15) is 11.6 Å². The molecule has 2 aromatic rings. The quantitative estimate of drug-likeness (QED) is 0.841. The van der Waals surface area contributed by atoms with Crippen LogP contribution in [0.3, 0.4) is 0 Å². The molecule has 0 aromatic heterocycles. The number of hydrogen-bond donors (Lipinski definition) is 1. The van der Waals surface area contributed by atoms with E-state index in [9.17, 15) is 4.39 Å². The lowest BCUT2D eigenvalue weighted by Crippen LogP contribution is -2.48. The lowest BCUT2D eigenvalue weighted by molar-refractivity contribution is 0.134. The molecule has 1 N–H and O–H groups in total. The van der Waals surface area contributed by atoms with Gasteiger partial charge in [-0.3, -0.25) is 4.90 Å². The lowest BCUT2D eigenvalue weighted by Gasteiger charge is -2.37. The summed E-state index contributed by atoms with van der Waals surface area (Å²) in [6, 6.07) is 14.4. The van der Waals surface area contributed by atoms with Crippen molar-refractivity contribution >= 4 is 23.0 Å². The van der Waals surface area contributed by atoms with Crippen LogP contribution in [0.5, 0.6) is 5.75 Å². The van der Waals surface area contributed by atoms with Gasteiger partial charge in [-0.2, -0.15) is 0 Å². The number of benzene rings is 2. The maximum Gasteiger partial charge on any atom is 0.174 e. The number of hydrogen-bond acceptors (Lipinski definition) is 3. The summed E-state index contributed by atoms with van der Waals surface area (Å²) in [7, 11) is 1.65. The Hall–Kier alpha value is -2.18. The molecule has 0 saturated carbocycles. The highest BCUT2D eigenvalue weighted by Gasteiger charge is 2.19. The van der Waals surface area contributed by atoms with Crippen molar-refractivity contribution in [3.63, 3.8) is 0 Å². The van der Waals surface area contributed by atoms with Crippen LogP contribution in [0.1, 0.15) is 12.0 Å². The number of ether oxygens (including phenoxy) is 1. The number of anilines is 1. The molecule has 0 spiro atoms.